The van der Waals surface area contributed by atoms with Gasteiger partial charge in [-0.05, 0) is 37.9 Å². The van der Waals surface area contributed by atoms with Crippen LogP contribution in [0.3, 0.4) is 0 Å². The predicted octanol–water partition coefficient (Wildman–Crippen LogP) is 0.386. The van der Waals surface area contributed by atoms with E-state index in [0.717, 1.165) is 19.5 Å². The predicted molar refractivity (Wildman–Crippen MR) is 76.6 cm³/mol. The maximum atomic E-state index is 11.7. The van der Waals surface area contributed by atoms with Crippen LogP contribution in [0.2, 0.25) is 0 Å². The number of aromatic nitrogens is 1. The quantitative estimate of drug-likeness (QED) is 0.841. The van der Waals surface area contributed by atoms with E-state index in [9.17, 15) is 9.59 Å². The third kappa shape index (κ3) is 5.04. The van der Waals surface area contributed by atoms with E-state index in [0.29, 0.717) is 12.5 Å². The summed E-state index contributed by atoms with van der Waals surface area (Å²) in [4.78, 5) is 23.1. The van der Waals surface area contributed by atoms with Gasteiger partial charge in [-0.3, -0.25) is 9.59 Å². The normalized spacial score (nSPS) is 18.4. The van der Waals surface area contributed by atoms with Gasteiger partial charge in [0.2, 0.25) is 5.91 Å². The summed E-state index contributed by atoms with van der Waals surface area (Å²) in [5, 5.41) is 6.20. The molecule has 5 nitrogen and oxygen atoms in total. The highest BCUT2D eigenvalue weighted by Crippen LogP contribution is 2.07. The van der Waals surface area contributed by atoms with E-state index < -0.39 is 0 Å². The topological polar surface area (TPSA) is 63.1 Å². The second-order valence-electron chi connectivity index (χ2n) is 4.68. The minimum absolute atomic E-state index is 0. The molecule has 106 valence electrons. The van der Waals surface area contributed by atoms with Crippen molar-refractivity contribution in [2.75, 3.05) is 19.6 Å². The molecule has 1 fully saturated rings. The Hall–Kier alpha value is -1.33. The largest absolute Gasteiger partial charge is 0.354 e. The van der Waals surface area contributed by atoms with Gasteiger partial charge in [-0.15, -0.1) is 12.4 Å². The summed E-state index contributed by atoms with van der Waals surface area (Å²) in [6.45, 7) is 2.82. The molecule has 1 aromatic heterocycles. The molecule has 0 radical (unpaired) electrons. The van der Waals surface area contributed by atoms with Crippen LogP contribution in [0.25, 0.3) is 0 Å². The highest BCUT2D eigenvalue weighted by Gasteiger charge is 2.13. The first-order valence-corrected chi connectivity index (χ1v) is 6.38. The molecule has 1 aromatic rings. The molecular formula is C13H20ClN3O2. The van der Waals surface area contributed by atoms with Gasteiger partial charge in [0.1, 0.15) is 6.54 Å². The van der Waals surface area contributed by atoms with E-state index in [2.05, 4.69) is 10.6 Å². The van der Waals surface area contributed by atoms with Crippen molar-refractivity contribution in [2.24, 2.45) is 5.92 Å². The maximum Gasteiger partial charge on any atom is 0.250 e. The number of amides is 1. The number of hydrogen-bond acceptors (Lipinski definition) is 3. The second-order valence-corrected chi connectivity index (χ2v) is 4.68. The van der Waals surface area contributed by atoms with Crippen molar-refractivity contribution in [1.82, 2.24) is 15.2 Å². The molecule has 2 N–H and O–H groups in total. The molecule has 0 aromatic carbocycles. The molecule has 1 aliphatic heterocycles. The number of carbonyl (C=O) groups is 1. The van der Waals surface area contributed by atoms with Crippen LogP contribution >= 0.6 is 12.4 Å². The molecule has 2 heterocycles. The minimum atomic E-state index is -0.146. The zero-order valence-electron chi connectivity index (χ0n) is 10.8. The molecular weight excluding hydrogens is 266 g/mol. The van der Waals surface area contributed by atoms with Crippen molar-refractivity contribution in [1.29, 1.82) is 0 Å². The summed E-state index contributed by atoms with van der Waals surface area (Å²) in [5.41, 5.74) is -0.146. The van der Waals surface area contributed by atoms with E-state index >= 15 is 0 Å². The summed E-state index contributed by atoms with van der Waals surface area (Å²) in [6.07, 6.45) is 3.95. The number of pyridine rings is 1. The number of halogens is 1. The van der Waals surface area contributed by atoms with Crippen LogP contribution in [0.15, 0.2) is 29.2 Å². The van der Waals surface area contributed by atoms with Crippen molar-refractivity contribution < 1.29 is 4.79 Å². The molecule has 0 bridgehead atoms. The first-order chi connectivity index (χ1) is 8.75. The fraction of sp³-hybridized carbons (Fsp3) is 0.538. The van der Waals surface area contributed by atoms with Crippen LogP contribution in [0.1, 0.15) is 12.8 Å². The van der Waals surface area contributed by atoms with Crippen LogP contribution in [-0.4, -0.2) is 30.1 Å². The van der Waals surface area contributed by atoms with Gasteiger partial charge in [0.05, 0.1) is 0 Å². The Morgan fingerprint density at radius 3 is 3.00 bits per heavy atom. The summed E-state index contributed by atoms with van der Waals surface area (Å²) in [6, 6.07) is 4.88. The van der Waals surface area contributed by atoms with E-state index in [1.165, 1.54) is 17.1 Å². The summed E-state index contributed by atoms with van der Waals surface area (Å²) in [5.74, 6) is 0.407. The number of nitrogens with zero attached hydrogens (tertiary/aromatic N) is 1. The Morgan fingerprint density at radius 1 is 1.47 bits per heavy atom. The molecule has 1 amide bonds. The van der Waals surface area contributed by atoms with Gasteiger partial charge < -0.3 is 15.2 Å². The van der Waals surface area contributed by atoms with Gasteiger partial charge in [-0.2, -0.15) is 0 Å². The van der Waals surface area contributed by atoms with Gasteiger partial charge in [-0.25, -0.2) is 0 Å². The smallest absolute Gasteiger partial charge is 0.250 e. The van der Waals surface area contributed by atoms with Gasteiger partial charge in [-0.1, -0.05) is 6.07 Å². The van der Waals surface area contributed by atoms with E-state index in [1.54, 1.807) is 18.3 Å². The molecule has 1 aliphatic rings. The van der Waals surface area contributed by atoms with E-state index in [-0.39, 0.29) is 30.4 Å². The Balaban J connectivity index is 0.00000180. The van der Waals surface area contributed by atoms with Crippen LogP contribution in [0, 0.1) is 5.92 Å². The second kappa shape index (κ2) is 7.96. The number of carbonyl (C=O) groups excluding carboxylic acids is 1. The van der Waals surface area contributed by atoms with Crippen molar-refractivity contribution >= 4 is 18.3 Å². The summed E-state index contributed by atoms with van der Waals surface area (Å²) in [7, 11) is 0. The molecule has 0 spiro atoms. The zero-order chi connectivity index (χ0) is 12.8. The molecule has 19 heavy (non-hydrogen) atoms. The minimum Gasteiger partial charge on any atom is -0.354 e. The van der Waals surface area contributed by atoms with Gasteiger partial charge in [0, 0.05) is 18.8 Å². The van der Waals surface area contributed by atoms with Gasteiger partial charge in [0.25, 0.3) is 5.56 Å². The summed E-state index contributed by atoms with van der Waals surface area (Å²) < 4.78 is 1.41. The number of rotatable bonds is 4. The van der Waals surface area contributed by atoms with E-state index in [4.69, 9.17) is 0 Å². The Morgan fingerprint density at radius 2 is 2.32 bits per heavy atom. The summed E-state index contributed by atoms with van der Waals surface area (Å²) >= 11 is 0. The number of piperidine rings is 1. The van der Waals surface area contributed by atoms with Gasteiger partial charge >= 0.3 is 0 Å². The average Bonchev–Trinajstić information content (AvgIpc) is 2.40. The van der Waals surface area contributed by atoms with Gasteiger partial charge in [0.15, 0.2) is 0 Å². The first-order valence-electron chi connectivity index (χ1n) is 6.38. The molecule has 1 atom stereocenters. The molecule has 1 unspecified atom stereocenters. The molecule has 2 rings (SSSR count). The molecule has 0 saturated carbocycles. The highest BCUT2D eigenvalue weighted by atomic mass is 35.5. The Labute approximate surface area is 118 Å². The van der Waals surface area contributed by atoms with Crippen LogP contribution in [0.5, 0.6) is 0 Å². The monoisotopic (exact) mass is 285 g/mol. The van der Waals surface area contributed by atoms with Crippen molar-refractivity contribution in [3.8, 4) is 0 Å². The van der Waals surface area contributed by atoms with E-state index in [1.807, 2.05) is 0 Å². The van der Waals surface area contributed by atoms with Crippen LogP contribution in [0.4, 0.5) is 0 Å². The van der Waals surface area contributed by atoms with Crippen molar-refractivity contribution in [3.63, 3.8) is 0 Å². The SMILES string of the molecule is Cl.O=C(Cn1ccccc1=O)NCC1CCCNC1. The lowest BCUT2D eigenvalue weighted by molar-refractivity contribution is -0.121. The van der Waals surface area contributed by atoms with Crippen LogP contribution in [-0.2, 0) is 11.3 Å². The molecule has 0 aliphatic carbocycles. The standard InChI is InChI=1S/C13H19N3O2.ClH/c17-12(10-16-7-2-1-5-13(16)18)15-9-11-4-3-6-14-8-11;/h1-2,5,7,11,14H,3-4,6,8-10H2,(H,15,17);1H. The molecule has 6 heteroatoms. The lowest BCUT2D eigenvalue weighted by Gasteiger charge is -2.22. The third-order valence-corrected chi connectivity index (χ3v) is 3.20. The average molecular weight is 286 g/mol. The zero-order valence-corrected chi connectivity index (χ0v) is 11.6. The van der Waals surface area contributed by atoms with Crippen molar-refractivity contribution in [2.45, 2.75) is 19.4 Å². The molecule has 1 saturated heterocycles. The Bertz CT molecular complexity index is 455. The number of hydrogen-bond donors (Lipinski definition) is 2. The Kier molecular flexibility index (Phi) is 6.59. The maximum absolute atomic E-state index is 11.7. The third-order valence-electron chi connectivity index (χ3n) is 3.20. The lowest BCUT2D eigenvalue weighted by Crippen LogP contribution is -2.39. The fourth-order valence-electron chi connectivity index (χ4n) is 2.16. The highest BCUT2D eigenvalue weighted by molar-refractivity contribution is 5.85. The lowest BCUT2D eigenvalue weighted by atomic mass is 10.00. The van der Waals surface area contributed by atoms with Crippen LogP contribution < -0.4 is 16.2 Å². The first kappa shape index (κ1) is 15.7. The van der Waals surface area contributed by atoms with Crippen molar-refractivity contribution in [3.05, 3.63) is 34.7 Å². The number of nitrogens with one attached hydrogen (secondary N) is 2. The fourth-order valence-corrected chi connectivity index (χ4v) is 2.16.